The maximum atomic E-state index is 13.2. The molecule has 0 aliphatic carbocycles. The maximum Gasteiger partial charge on any atom is 0.303 e. The van der Waals surface area contributed by atoms with Crippen LogP contribution in [0, 0.1) is 17.2 Å². The predicted molar refractivity (Wildman–Crippen MR) is 285 cm³/mol. The molecule has 0 aromatic heterocycles. The van der Waals surface area contributed by atoms with Crippen molar-refractivity contribution >= 4 is 41.5 Å². The smallest absolute Gasteiger partial charge is 0.303 e. The highest BCUT2D eigenvalue weighted by Gasteiger charge is 2.59. The third-order valence-electron chi connectivity index (χ3n) is 15.2. The van der Waals surface area contributed by atoms with E-state index < -0.39 is 89.7 Å². The molecule has 4 amide bonds. The summed E-state index contributed by atoms with van der Waals surface area (Å²) in [6.07, 6.45) is 13.4. The number of carbonyl (C=O) groups excluding carboxylic acids is 6. The highest BCUT2D eigenvalue weighted by Crippen LogP contribution is 2.45. The number of esters is 2. The summed E-state index contributed by atoms with van der Waals surface area (Å²) in [7, 11) is 0. The molecule has 6 aliphatic heterocycles. The van der Waals surface area contributed by atoms with E-state index in [2.05, 4.69) is 35.1 Å². The Morgan fingerprint density at radius 1 is 0.615 bits per heavy atom. The average Bonchev–Trinajstić information content (AvgIpc) is 4.40. The average molecular weight is 1090 g/mol. The van der Waals surface area contributed by atoms with E-state index in [9.17, 15) is 39.0 Å². The van der Waals surface area contributed by atoms with Crippen molar-refractivity contribution in [3.05, 3.63) is 71.9 Å². The molecule has 21 heteroatoms. The van der Waals surface area contributed by atoms with Gasteiger partial charge in [0.1, 0.15) is 47.8 Å². The Hall–Kier alpha value is -5.39. The molecule has 6 fully saturated rings. The normalized spacial score (nSPS) is 35.8. The fourth-order valence-electron chi connectivity index (χ4n) is 10.6. The molecule has 0 radical (unpaired) electrons. The molecule has 6 saturated heterocycles. The van der Waals surface area contributed by atoms with Crippen molar-refractivity contribution in [1.82, 2.24) is 21.3 Å². The fourth-order valence-corrected chi connectivity index (χ4v) is 10.6. The van der Waals surface area contributed by atoms with Gasteiger partial charge in [0.05, 0.1) is 74.8 Å². The summed E-state index contributed by atoms with van der Waals surface area (Å²) < 4.78 is 46.5. The first-order valence-electron chi connectivity index (χ1n) is 27.3. The largest absolute Gasteiger partial charge is 0.459 e. The summed E-state index contributed by atoms with van der Waals surface area (Å²) in [6.45, 7) is 18.5. The lowest BCUT2D eigenvalue weighted by Gasteiger charge is -2.39. The number of aliphatic hydroxyl groups is 2. The summed E-state index contributed by atoms with van der Waals surface area (Å²) in [5, 5.41) is 41.6. The zero-order valence-electron chi connectivity index (χ0n) is 46.7. The minimum atomic E-state index is -0.971. The Balaban J connectivity index is 0.919. The number of allylic oxidation sites excluding steroid dienone is 4. The number of rotatable bonds is 20. The zero-order chi connectivity index (χ0) is 57.1. The van der Waals surface area contributed by atoms with Crippen molar-refractivity contribution in [1.29, 1.82) is 5.41 Å². The fraction of sp³-hybridized carbons (Fsp3) is 0.667. The van der Waals surface area contributed by atoms with Gasteiger partial charge < -0.3 is 58.7 Å². The van der Waals surface area contributed by atoms with Crippen LogP contribution < -0.4 is 21.3 Å². The Labute approximate surface area is 457 Å². The van der Waals surface area contributed by atoms with Crippen molar-refractivity contribution in [2.45, 2.75) is 217 Å². The van der Waals surface area contributed by atoms with Crippen LogP contribution in [0.3, 0.4) is 0 Å². The van der Waals surface area contributed by atoms with Crippen molar-refractivity contribution in [2.24, 2.45) is 11.8 Å². The van der Waals surface area contributed by atoms with Crippen LogP contribution in [0.4, 0.5) is 0 Å². The van der Waals surface area contributed by atoms with E-state index in [1.807, 2.05) is 52.0 Å². The Morgan fingerprint density at radius 3 is 1.33 bits per heavy atom. The molecule has 78 heavy (non-hydrogen) atoms. The van der Waals surface area contributed by atoms with Crippen LogP contribution >= 0.6 is 0 Å². The van der Waals surface area contributed by atoms with Gasteiger partial charge in [0, 0.05) is 38.8 Å². The Bertz CT molecular complexity index is 2200. The molecule has 432 valence electrons. The lowest BCUT2D eigenvalue weighted by Crippen LogP contribution is -2.52. The molecule has 0 saturated carbocycles. The summed E-state index contributed by atoms with van der Waals surface area (Å²) >= 11 is 0. The van der Waals surface area contributed by atoms with E-state index in [-0.39, 0.29) is 85.8 Å². The van der Waals surface area contributed by atoms with Crippen molar-refractivity contribution < 1.29 is 76.9 Å². The molecular formula is C57H83N5O16. The summed E-state index contributed by atoms with van der Waals surface area (Å²) in [5.41, 5.74) is 0.0964. The first kappa shape index (κ1) is 61.8. The van der Waals surface area contributed by atoms with Gasteiger partial charge in [-0.15, -0.1) is 0 Å². The number of hydrogen-bond acceptors (Lipinski definition) is 17. The lowest BCUT2D eigenvalue weighted by molar-refractivity contribution is -0.145. The minimum absolute atomic E-state index is 0.0918. The molecular weight excluding hydrogens is 1010 g/mol. The van der Waals surface area contributed by atoms with Gasteiger partial charge in [0.25, 0.3) is 0 Å². The van der Waals surface area contributed by atoms with Crippen LogP contribution in [-0.4, -0.2) is 161 Å². The molecule has 6 rings (SSSR count). The molecule has 21 nitrogen and oxygen atoms in total. The molecule has 0 unspecified atom stereocenters. The topological polar surface area (TPSA) is 295 Å². The number of guanidine groups is 1. The molecule has 0 bridgehead atoms. The predicted octanol–water partition coefficient (Wildman–Crippen LogP) is 3.91. The van der Waals surface area contributed by atoms with E-state index in [4.69, 9.17) is 43.3 Å². The number of epoxide rings is 2. The van der Waals surface area contributed by atoms with Gasteiger partial charge in [-0.2, -0.15) is 0 Å². The SMILES string of the molecule is CC(=O)O[C@H](C)/C=C\C(=O)N[C@@H]1C[C@H](C)[C@H](C/C=C(C)/C=C/[C@H]2O[C@H](CC(=O)NC(=N)NC(=O)C[C@@H]3C[C@@]4(CO4)[C@H](O)[C@@H](/C=C/C(C)=C/C[C@@H]4O[C@H](C)[C@H](NC(=O)/C=C\[C@H](C)OC(C)=O)C[C@@H]4C)O3)C[C@@]3(CO3)[C@@H]2O)O[C@@H]1C. The summed E-state index contributed by atoms with van der Waals surface area (Å²) in [5.74, 6) is -2.81. The third kappa shape index (κ3) is 18.3. The number of carbonyl (C=O) groups is 6. The molecule has 18 atom stereocenters. The zero-order valence-corrected chi connectivity index (χ0v) is 46.7. The second kappa shape index (κ2) is 27.7. The van der Waals surface area contributed by atoms with Crippen molar-refractivity contribution in [3.63, 3.8) is 0 Å². The van der Waals surface area contributed by atoms with Gasteiger partial charge in [0.2, 0.25) is 29.6 Å². The number of ether oxygens (including phenoxy) is 8. The van der Waals surface area contributed by atoms with Gasteiger partial charge in [-0.05, 0) is 91.2 Å². The number of amides is 4. The van der Waals surface area contributed by atoms with Crippen molar-refractivity contribution in [3.8, 4) is 0 Å². The highest BCUT2D eigenvalue weighted by atomic mass is 16.6. The third-order valence-corrected chi connectivity index (χ3v) is 15.2. The van der Waals surface area contributed by atoms with E-state index in [0.29, 0.717) is 38.9 Å². The molecule has 0 aromatic rings. The number of hydrogen-bond donors (Lipinski definition) is 7. The minimum Gasteiger partial charge on any atom is -0.459 e. The molecule has 2 spiro atoms. The van der Waals surface area contributed by atoms with E-state index in [1.54, 1.807) is 26.0 Å². The van der Waals surface area contributed by atoms with Crippen LogP contribution in [-0.2, 0) is 66.7 Å². The van der Waals surface area contributed by atoms with Gasteiger partial charge in [-0.1, -0.05) is 61.4 Å². The second-order valence-corrected chi connectivity index (χ2v) is 22.2. The highest BCUT2D eigenvalue weighted by molar-refractivity contribution is 6.03. The Kier molecular flexibility index (Phi) is 21.9. The maximum absolute atomic E-state index is 13.2. The van der Waals surface area contributed by atoms with E-state index >= 15 is 0 Å². The van der Waals surface area contributed by atoms with Gasteiger partial charge in [-0.3, -0.25) is 44.8 Å². The van der Waals surface area contributed by atoms with Crippen LogP contribution in [0.1, 0.15) is 121 Å². The number of aliphatic hydroxyl groups excluding tert-OH is 2. The van der Waals surface area contributed by atoms with Crippen LogP contribution in [0.5, 0.6) is 0 Å². The van der Waals surface area contributed by atoms with Crippen molar-refractivity contribution in [2.75, 3.05) is 13.2 Å². The molecule has 6 aliphatic rings. The second-order valence-electron chi connectivity index (χ2n) is 22.2. The van der Waals surface area contributed by atoms with Gasteiger partial charge in [-0.25, -0.2) is 0 Å². The first-order chi connectivity index (χ1) is 36.8. The quantitative estimate of drug-likeness (QED) is 0.0227. The van der Waals surface area contributed by atoms with E-state index in [0.717, 1.165) is 11.1 Å². The monoisotopic (exact) mass is 1090 g/mol. The van der Waals surface area contributed by atoms with E-state index in [1.165, 1.54) is 38.2 Å². The summed E-state index contributed by atoms with van der Waals surface area (Å²) in [4.78, 5) is 73.9. The molecule has 7 N–H and O–H groups in total. The standard InChI is InChI=1S/C57H83N5O16/c1-31(11-17-45-33(3)23-43(37(7)75-45)59-49(65)21-15-35(5)73-39(9)63)13-19-47-53(69)56(29-71-56)27-41(77-47)25-51(67)61-55(58)62-52(68)26-42-28-57(30-72-57)54(70)48(78-42)20-14-32(2)12-18-46-34(4)24-44(38(8)76-46)60-50(66)22-16-36(6)74-40(10)64/h11-16,19-22,33-38,41-48,53-54,69-70H,17-18,23-30H2,1-10H3,(H,59,65)(H,60,66)(H3,58,61,62,67,68)/b19-13+,20-14+,21-15-,22-16-,31-11+,32-12+/t33-,34-,35-,36+,37+,38+,41+,42+,43+,44+,45-,46-,47+,48+,53+,54+,56+,57+/m0/s1. The first-order valence-corrected chi connectivity index (χ1v) is 27.3. The Morgan fingerprint density at radius 2 is 0.987 bits per heavy atom. The number of nitrogens with one attached hydrogen (secondary N) is 5. The molecule has 6 heterocycles. The molecule has 0 aromatic carbocycles. The van der Waals surface area contributed by atoms with Crippen LogP contribution in [0.25, 0.3) is 0 Å². The van der Waals surface area contributed by atoms with Crippen LogP contribution in [0.15, 0.2) is 71.9 Å². The lowest BCUT2D eigenvalue weighted by atomic mass is 9.87. The van der Waals surface area contributed by atoms with Gasteiger partial charge in [0.15, 0.2) is 0 Å². The van der Waals surface area contributed by atoms with Gasteiger partial charge >= 0.3 is 11.9 Å². The summed E-state index contributed by atoms with van der Waals surface area (Å²) in [6, 6.07) is -0.384. The van der Waals surface area contributed by atoms with Crippen LogP contribution in [0.2, 0.25) is 0 Å².